The van der Waals surface area contributed by atoms with E-state index in [4.69, 9.17) is 0 Å². The van der Waals surface area contributed by atoms with Crippen LogP contribution in [0.25, 0.3) is 11.1 Å². The van der Waals surface area contributed by atoms with Crippen LogP contribution < -0.4 is 10.6 Å². The van der Waals surface area contributed by atoms with Crippen molar-refractivity contribution < 1.29 is 4.79 Å². The van der Waals surface area contributed by atoms with Gasteiger partial charge in [0.05, 0.1) is 5.56 Å². The van der Waals surface area contributed by atoms with E-state index < -0.39 is 0 Å². The van der Waals surface area contributed by atoms with Gasteiger partial charge in [-0.2, -0.15) is 0 Å². The first-order chi connectivity index (χ1) is 8.84. The zero-order chi connectivity index (χ0) is 12.4. The lowest BCUT2D eigenvalue weighted by Gasteiger charge is -2.08. The largest absolute Gasteiger partial charge is 0.383 e. The molecular formula is C15H14N2O. The Morgan fingerprint density at radius 1 is 0.833 bits per heavy atom. The van der Waals surface area contributed by atoms with Gasteiger partial charge in [-0.15, -0.1) is 0 Å². The number of amides is 1. The minimum Gasteiger partial charge on any atom is -0.383 e. The molecule has 3 rings (SSSR count). The van der Waals surface area contributed by atoms with Crippen molar-refractivity contribution in [2.75, 3.05) is 18.4 Å². The first-order valence-electron chi connectivity index (χ1n) is 6.06. The van der Waals surface area contributed by atoms with E-state index in [1.807, 2.05) is 48.5 Å². The minimum absolute atomic E-state index is 0.00668. The summed E-state index contributed by atoms with van der Waals surface area (Å²) >= 11 is 0. The van der Waals surface area contributed by atoms with Crippen LogP contribution in [0.4, 0.5) is 5.69 Å². The number of nitrogens with one attached hydrogen (secondary N) is 2. The van der Waals surface area contributed by atoms with Crippen LogP contribution in [0.1, 0.15) is 10.4 Å². The van der Waals surface area contributed by atoms with Gasteiger partial charge in [-0.05, 0) is 23.3 Å². The van der Waals surface area contributed by atoms with Gasteiger partial charge in [-0.25, -0.2) is 0 Å². The topological polar surface area (TPSA) is 41.1 Å². The molecule has 0 atom stereocenters. The molecule has 0 saturated heterocycles. The number of rotatable bonds is 1. The van der Waals surface area contributed by atoms with E-state index in [1.165, 1.54) is 0 Å². The SMILES string of the molecule is O=C1NCCNc2ccc(-c3ccccc3)cc21. The highest BCUT2D eigenvalue weighted by Gasteiger charge is 2.15. The average molecular weight is 238 g/mol. The highest BCUT2D eigenvalue weighted by Crippen LogP contribution is 2.25. The van der Waals surface area contributed by atoms with E-state index in [2.05, 4.69) is 10.6 Å². The number of hydrogen-bond acceptors (Lipinski definition) is 2. The van der Waals surface area contributed by atoms with Gasteiger partial charge in [0.15, 0.2) is 0 Å². The molecule has 90 valence electrons. The fourth-order valence-electron chi connectivity index (χ4n) is 2.16. The number of fused-ring (bicyclic) bond motifs is 1. The van der Waals surface area contributed by atoms with Gasteiger partial charge in [-0.1, -0.05) is 36.4 Å². The van der Waals surface area contributed by atoms with E-state index in [1.54, 1.807) is 0 Å². The number of hydrogen-bond donors (Lipinski definition) is 2. The summed E-state index contributed by atoms with van der Waals surface area (Å²) in [6.07, 6.45) is 0. The van der Waals surface area contributed by atoms with E-state index in [0.29, 0.717) is 12.1 Å². The second-order valence-electron chi connectivity index (χ2n) is 4.31. The molecule has 0 bridgehead atoms. The van der Waals surface area contributed by atoms with Crippen molar-refractivity contribution in [3.8, 4) is 11.1 Å². The Morgan fingerprint density at radius 2 is 1.61 bits per heavy atom. The molecule has 0 aliphatic carbocycles. The van der Waals surface area contributed by atoms with Crippen LogP contribution in [0.15, 0.2) is 48.5 Å². The summed E-state index contributed by atoms with van der Waals surface area (Å²) in [6.45, 7) is 1.43. The van der Waals surface area contributed by atoms with Crippen molar-refractivity contribution >= 4 is 11.6 Å². The van der Waals surface area contributed by atoms with E-state index in [-0.39, 0.29) is 5.91 Å². The first-order valence-corrected chi connectivity index (χ1v) is 6.06. The summed E-state index contributed by atoms with van der Waals surface area (Å²) in [6, 6.07) is 16.0. The highest BCUT2D eigenvalue weighted by molar-refractivity contribution is 6.01. The summed E-state index contributed by atoms with van der Waals surface area (Å²) in [5, 5.41) is 6.13. The minimum atomic E-state index is -0.00668. The summed E-state index contributed by atoms with van der Waals surface area (Å²) in [5.41, 5.74) is 3.81. The molecule has 0 radical (unpaired) electrons. The molecular weight excluding hydrogens is 224 g/mol. The normalized spacial score (nSPS) is 14.1. The lowest BCUT2D eigenvalue weighted by Crippen LogP contribution is -2.24. The van der Waals surface area contributed by atoms with Crippen molar-refractivity contribution in [2.45, 2.75) is 0 Å². The Morgan fingerprint density at radius 3 is 2.44 bits per heavy atom. The molecule has 2 N–H and O–H groups in total. The van der Waals surface area contributed by atoms with Crippen molar-refractivity contribution in [3.05, 3.63) is 54.1 Å². The third-order valence-corrected chi connectivity index (χ3v) is 3.10. The summed E-state index contributed by atoms with van der Waals surface area (Å²) < 4.78 is 0. The van der Waals surface area contributed by atoms with Crippen LogP contribution >= 0.6 is 0 Å². The van der Waals surface area contributed by atoms with Crippen LogP contribution in [0.5, 0.6) is 0 Å². The highest BCUT2D eigenvalue weighted by atomic mass is 16.1. The van der Waals surface area contributed by atoms with Gasteiger partial charge >= 0.3 is 0 Å². The van der Waals surface area contributed by atoms with E-state index >= 15 is 0 Å². The summed E-state index contributed by atoms with van der Waals surface area (Å²) in [7, 11) is 0. The Bertz CT molecular complexity index is 578. The Hall–Kier alpha value is -2.29. The molecule has 0 unspecified atom stereocenters. The fraction of sp³-hybridized carbons (Fsp3) is 0.133. The standard InChI is InChI=1S/C15H14N2O/c18-15-13-10-12(11-4-2-1-3-5-11)6-7-14(13)16-8-9-17-15/h1-7,10,16H,8-9H2,(H,17,18). The number of anilines is 1. The Labute approximate surface area is 106 Å². The second kappa shape index (κ2) is 4.53. The molecule has 0 fully saturated rings. The van der Waals surface area contributed by atoms with Crippen LogP contribution in [0.3, 0.4) is 0 Å². The molecule has 1 aliphatic rings. The molecule has 2 aromatic carbocycles. The maximum atomic E-state index is 11.9. The fourth-order valence-corrected chi connectivity index (χ4v) is 2.16. The van der Waals surface area contributed by atoms with Gasteiger partial charge in [0.2, 0.25) is 0 Å². The maximum Gasteiger partial charge on any atom is 0.253 e. The monoisotopic (exact) mass is 238 g/mol. The first kappa shape index (κ1) is 10.8. The third kappa shape index (κ3) is 1.95. The smallest absolute Gasteiger partial charge is 0.253 e. The molecule has 2 aromatic rings. The lowest BCUT2D eigenvalue weighted by atomic mass is 10.0. The van der Waals surface area contributed by atoms with Crippen LogP contribution in [0, 0.1) is 0 Å². The second-order valence-corrected chi connectivity index (χ2v) is 4.31. The predicted molar refractivity (Wildman–Crippen MR) is 72.7 cm³/mol. The quantitative estimate of drug-likeness (QED) is 0.801. The maximum absolute atomic E-state index is 11.9. The lowest BCUT2D eigenvalue weighted by molar-refractivity contribution is 0.0958. The molecule has 1 aliphatic heterocycles. The van der Waals surface area contributed by atoms with Crippen LogP contribution in [-0.2, 0) is 0 Å². The number of benzene rings is 2. The molecule has 3 nitrogen and oxygen atoms in total. The molecule has 0 spiro atoms. The molecule has 1 amide bonds. The van der Waals surface area contributed by atoms with Gasteiger partial charge in [0.1, 0.15) is 0 Å². The molecule has 1 heterocycles. The summed E-state index contributed by atoms with van der Waals surface area (Å²) in [4.78, 5) is 11.9. The van der Waals surface area contributed by atoms with Crippen molar-refractivity contribution in [2.24, 2.45) is 0 Å². The van der Waals surface area contributed by atoms with Gasteiger partial charge in [0.25, 0.3) is 5.91 Å². The summed E-state index contributed by atoms with van der Waals surface area (Å²) in [5.74, 6) is -0.00668. The molecule has 0 aromatic heterocycles. The van der Waals surface area contributed by atoms with Crippen molar-refractivity contribution in [3.63, 3.8) is 0 Å². The van der Waals surface area contributed by atoms with E-state index in [0.717, 1.165) is 23.4 Å². The van der Waals surface area contributed by atoms with Crippen molar-refractivity contribution in [1.29, 1.82) is 0 Å². The zero-order valence-corrected chi connectivity index (χ0v) is 9.94. The zero-order valence-electron chi connectivity index (χ0n) is 9.94. The van der Waals surface area contributed by atoms with Crippen molar-refractivity contribution in [1.82, 2.24) is 5.32 Å². The molecule has 18 heavy (non-hydrogen) atoms. The number of carbonyl (C=O) groups is 1. The average Bonchev–Trinajstić information content (AvgIpc) is 2.62. The molecule has 3 heteroatoms. The predicted octanol–water partition coefficient (Wildman–Crippen LogP) is 2.51. The van der Waals surface area contributed by atoms with Crippen LogP contribution in [-0.4, -0.2) is 19.0 Å². The van der Waals surface area contributed by atoms with Gasteiger partial charge < -0.3 is 10.6 Å². The molecule has 0 saturated carbocycles. The van der Waals surface area contributed by atoms with Crippen LogP contribution in [0.2, 0.25) is 0 Å². The Balaban J connectivity index is 2.07. The Kier molecular flexibility index (Phi) is 2.73. The van der Waals surface area contributed by atoms with Gasteiger partial charge in [-0.3, -0.25) is 4.79 Å². The van der Waals surface area contributed by atoms with E-state index in [9.17, 15) is 4.79 Å². The van der Waals surface area contributed by atoms with Gasteiger partial charge in [0, 0.05) is 18.8 Å². The number of carbonyl (C=O) groups excluding carboxylic acids is 1. The third-order valence-electron chi connectivity index (χ3n) is 3.10.